The summed E-state index contributed by atoms with van der Waals surface area (Å²) < 4.78 is 5.03. The maximum absolute atomic E-state index is 11.7. The maximum Gasteiger partial charge on any atom is 0.338 e. The number of benzene rings is 1. The number of ether oxygens (including phenoxy) is 1. The minimum Gasteiger partial charge on any atom is -0.462 e. The van der Waals surface area contributed by atoms with Crippen LogP contribution in [-0.4, -0.2) is 31.6 Å². The highest BCUT2D eigenvalue weighted by Crippen LogP contribution is 2.13. The number of carbonyl (C=O) groups excluding carboxylic acids is 2. The molecule has 102 valence electrons. The van der Waals surface area contributed by atoms with E-state index in [0.717, 1.165) is 19.5 Å². The molecule has 0 saturated carbocycles. The summed E-state index contributed by atoms with van der Waals surface area (Å²) in [5.41, 5.74) is 1.20. The summed E-state index contributed by atoms with van der Waals surface area (Å²) in [7, 11) is 0. The van der Waals surface area contributed by atoms with Crippen molar-refractivity contribution >= 4 is 17.6 Å². The molecule has 1 aromatic carbocycles. The summed E-state index contributed by atoms with van der Waals surface area (Å²) in [4.78, 5) is 23.3. The van der Waals surface area contributed by atoms with E-state index in [0.29, 0.717) is 17.9 Å². The third-order valence-corrected chi connectivity index (χ3v) is 2.98. The van der Waals surface area contributed by atoms with Crippen molar-refractivity contribution in [1.82, 2.24) is 5.32 Å². The highest BCUT2D eigenvalue weighted by Gasteiger charge is 2.24. The van der Waals surface area contributed by atoms with Crippen LogP contribution in [-0.2, 0) is 9.53 Å². The molecule has 19 heavy (non-hydrogen) atoms. The first kappa shape index (κ1) is 13.5. The summed E-state index contributed by atoms with van der Waals surface area (Å²) in [5, 5.41) is 5.87. The van der Waals surface area contributed by atoms with E-state index >= 15 is 0 Å². The molecule has 0 unspecified atom stereocenters. The van der Waals surface area contributed by atoms with Gasteiger partial charge in [-0.05, 0) is 30.7 Å². The Morgan fingerprint density at radius 3 is 2.53 bits per heavy atom. The van der Waals surface area contributed by atoms with Crippen molar-refractivity contribution in [1.29, 1.82) is 0 Å². The number of esters is 1. The molecule has 2 rings (SSSR count). The molecule has 1 aliphatic heterocycles. The van der Waals surface area contributed by atoms with Gasteiger partial charge in [-0.15, -0.1) is 0 Å². The van der Waals surface area contributed by atoms with E-state index in [-0.39, 0.29) is 17.8 Å². The molecule has 1 aromatic rings. The normalized spacial score (nSPS) is 14.6. The van der Waals surface area contributed by atoms with Gasteiger partial charge in [0, 0.05) is 18.8 Å². The molecule has 1 heterocycles. The molecule has 0 aromatic heterocycles. The molecule has 1 fully saturated rings. The number of carbonyl (C=O) groups is 2. The molecule has 0 aliphatic carbocycles. The standard InChI is InChI=1S/C14H18N2O3/c1-2-7-19-14(18)10-3-5-12(6-4-10)16-13(17)11-8-15-9-11/h3-6,11,15H,2,7-9H2,1H3,(H,16,17). The average Bonchev–Trinajstić information content (AvgIpc) is 2.34. The SMILES string of the molecule is CCCOC(=O)c1ccc(NC(=O)C2CNC2)cc1. The van der Waals surface area contributed by atoms with Crippen molar-refractivity contribution in [3.63, 3.8) is 0 Å². The van der Waals surface area contributed by atoms with Gasteiger partial charge in [0.1, 0.15) is 0 Å². The largest absolute Gasteiger partial charge is 0.462 e. The van der Waals surface area contributed by atoms with Crippen LogP contribution in [0.4, 0.5) is 5.69 Å². The van der Waals surface area contributed by atoms with Crippen molar-refractivity contribution in [2.45, 2.75) is 13.3 Å². The fourth-order valence-electron chi connectivity index (χ4n) is 1.69. The number of amides is 1. The molecule has 2 N–H and O–H groups in total. The minimum absolute atomic E-state index is 0.0139. The van der Waals surface area contributed by atoms with Gasteiger partial charge in [0.2, 0.25) is 5.91 Å². The van der Waals surface area contributed by atoms with Gasteiger partial charge in [0.15, 0.2) is 0 Å². The highest BCUT2D eigenvalue weighted by atomic mass is 16.5. The Hall–Kier alpha value is -1.88. The van der Waals surface area contributed by atoms with Crippen molar-refractivity contribution in [2.75, 3.05) is 25.0 Å². The maximum atomic E-state index is 11.7. The smallest absolute Gasteiger partial charge is 0.338 e. The zero-order valence-corrected chi connectivity index (χ0v) is 10.9. The van der Waals surface area contributed by atoms with E-state index in [1.807, 2.05) is 6.92 Å². The minimum atomic E-state index is -0.331. The Morgan fingerprint density at radius 1 is 1.32 bits per heavy atom. The first-order chi connectivity index (χ1) is 9.20. The number of rotatable bonds is 5. The lowest BCUT2D eigenvalue weighted by Crippen LogP contribution is -2.48. The van der Waals surface area contributed by atoms with Gasteiger partial charge in [-0.25, -0.2) is 4.79 Å². The fraction of sp³-hybridized carbons (Fsp3) is 0.429. The van der Waals surface area contributed by atoms with Crippen LogP contribution in [0, 0.1) is 5.92 Å². The summed E-state index contributed by atoms with van der Waals surface area (Å²) in [6, 6.07) is 6.75. The predicted molar refractivity (Wildman–Crippen MR) is 72.0 cm³/mol. The molecular weight excluding hydrogens is 244 g/mol. The second-order valence-electron chi connectivity index (χ2n) is 4.56. The molecule has 1 amide bonds. The Bertz CT molecular complexity index is 452. The Kier molecular flexibility index (Phi) is 4.52. The van der Waals surface area contributed by atoms with Gasteiger partial charge < -0.3 is 15.4 Å². The highest BCUT2D eigenvalue weighted by molar-refractivity contribution is 5.94. The lowest BCUT2D eigenvalue weighted by Gasteiger charge is -2.25. The molecule has 1 aliphatic rings. The summed E-state index contributed by atoms with van der Waals surface area (Å²) in [5.74, 6) is -0.267. The van der Waals surface area contributed by atoms with Crippen LogP contribution in [0.15, 0.2) is 24.3 Å². The molecule has 0 bridgehead atoms. The number of anilines is 1. The van der Waals surface area contributed by atoms with Gasteiger partial charge in [-0.2, -0.15) is 0 Å². The van der Waals surface area contributed by atoms with Crippen molar-refractivity contribution in [2.24, 2.45) is 5.92 Å². The lowest BCUT2D eigenvalue weighted by molar-refractivity contribution is -0.121. The first-order valence-corrected chi connectivity index (χ1v) is 6.49. The van der Waals surface area contributed by atoms with E-state index < -0.39 is 0 Å². The summed E-state index contributed by atoms with van der Waals surface area (Å²) in [6.45, 7) is 3.83. The van der Waals surface area contributed by atoms with Gasteiger partial charge in [0.25, 0.3) is 0 Å². The number of hydrogen-bond donors (Lipinski definition) is 2. The molecule has 5 heteroatoms. The summed E-state index contributed by atoms with van der Waals surface area (Å²) in [6.07, 6.45) is 0.801. The summed E-state index contributed by atoms with van der Waals surface area (Å²) >= 11 is 0. The molecule has 0 spiro atoms. The van der Waals surface area contributed by atoms with E-state index in [9.17, 15) is 9.59 Å². The van der Waals surface area contributed by atoms with E-state index in [4.69, 9.17) is 4.74 Å². The topological polar surface area (TPSA) is 67.4 Å². The van der Waals surface area contributed by atoms with Crippen LogP contribution in [0.1, 0.15) is 23.7 Å². The molecule has 5 nitrogen and oxygen atoms in total. The van der Waals surface area contributed by atoms with Crippen LogP contribution < -0.4 is 10.6 Å². The molecular formula is C14H18N2O3. The van der Waals surface area contributed by atoms with Gasteiger partial charge in [-0.3, -0.25) is 4.79 Å². The van der Waals surface area contributed by atoms with E-state index in [1.54, 1.807) is 24.3 Å². The zero-order chi connectivity index (χ0) is 13.7. The molecule has 1 saturated heterocycles. The average molecular weight is 262 g/mol. The van der Waals surface area contributed by atoms with Crippen molar-refractivity contribution in [3.8, 4) is 0 Å². The number of nitrogens with one attached hydrogen (secondary N) is 2. The Balaban J connectivity index is 1.90. The van der Waals surface area contributed by atoms with Crippen LogP contribution in [0.3, 0.4) is 0 Å². The van der Waals surface area contributed by atoms with Crippen LogP contribution in [0.5, 0.6) is 0 Å². The van der Waals surface area contributed by atoms with Gasteiger partial charge >= 0.3 is 5.97 Å². The second-order valence-corrected chi connectivity index (χ2v) is 4.56. The van der Waals surface area contributed by atoms with E-state index in [2.05, 4.69) is 10.6 Å². The third kappa shape index (κ3) is 3.54. The molecule has 0 atom stereocenters. The van der Waals surface area contributed by atoms with Crippen molar-refractivity contribution in [3.05, 3.63) is 29.8 Å². The first-order valence-electron chi connectivity index (χ1n) is 6.49. The monoisotopic (exact) mass is 262 g/mol. The van der Waals surface area contributed by atoms with Crippen molar-refractivity contribution < 1.29 is 14.3 Å². The van der Waals surface area contributed by atoms with Crippen LogP contribution in [0.25, 0.3) is 0 Å². The molecule has 0 radical (unpaired) electrons. The number of hydrogen-bond acceptors (Lipinski definition) is 4. The Morgan fingerprint density at radius 2 is 2.00 bits per heavy atom. The zero-order valence-electron chi connectivity index (χ0n) is 10.9. The fourth-order valence-corrected chi connectivity index (χ4v) is 1.69. The quantitative estimate of drug-likeness (QED) is 0.787. The third-order valence-electron chi connectivity index (χ3n) is 2.98. The van der Waals surface area contributed by atoms with E-state index in [1.165, 1.54) is 0 Å². The second kappa shape index (κ2) is 6.33. The van der Waals surface area contributed by atoms with Crippen LogP contribution >= 0.6 is 0 Å². The van der Waals surface area contributed by atoms with Gasteiger partial charge in [-0.1, -0.05) is 6.92 Å². The Labute approximate surface area is 112 Å². The van der Waals surface area contributed by atoms with Gasteiger partial charge in [0.05, 0.1) is 18.1 Å². The predicted octanol–water partition coefficient (Wildman–Crippen LogP) is 1.41. The lowest BCUT2D eigenvalue weighted by atomic mass is 10.0. The van der Waals surface area contributed by atoms with Crippen LogP contribution in [0.2, 0.25) is 0 Å².